The highest BCUT2D eigenvalue weighted by molar-refractivity contribution is 6.21. The van der Waals surface area contributed by atoms with E-state index in [2.05, 4.69) is 5.16 Å². The number of hydrogen-bond donors (Lipinski definition) is 0. The molecule has 0 radical (unpaired) electrons. The number of nitrogens with zero attached hydrogens (tertiary/aromatic N) is 2. The summed E-state index contributed by atoms with van der Waals surface area (Å²) in [5.41, 5.74) is 2.81. The van der Waals surface area contributed by atoms with E-state index in [1.54, 1.807) is 42.5 Å². The Morgan fingerprint density at radius 1 is 0.879 bits per heavy atom. The lowest BCUT2D eigenvalue weighted by atomic mass is 10.1. The molecule has 2 heterocycles. The lowest BCUT2D eigenvalue weighted by molar-refractivity contribution is 0.0486. The molecule has 0 saturated heterocycles. The van der Waals surface area contributed by atoms with Crippen molar-refractivity contribution < 1.29 is 23.6 Å². The van der Waals surface area contributed by atoms with Crippen LogP contribution in [0.2, 0.25) is 0 Å². The SMILES string of the molecule is O=C(OCCCCN1C(=O)c2ccccc2C1=O)c1ccc2noc(-c3ccccc3)c2c1. The number of benzene rings is 3. The molecule has 1 aliphatic heterocycles. The molecule has 0 bridgehead atoms. The second kappa shape index (κ2) is 8.70. The van der Waals surface area contributed by atoms with Gasteiger partial charge in [-0.1, -0.05) is 47.6 Å². The maximum atomic E-state index is 12.5. The Balaban J connectivity index is 1.17. The van der Waals surface area contributed by atoms with Gasteiger partial charge in [0.15, 0.2) is 5.76 Å². The fraction of sp³-hybridized carbons (Fsp3) is 0.154. The molecule has 0 atom stereocenters. The van der Waals surface area contributed by atoms with E-state index in [-0.39, 0.29) is 25.0 Å². The monoisotopic (exact) mass is 440 g/mol. The van der Waals surface area contributed by atoms with E-state index in [9.17, 15) is 14.4 Å². The average molecular weight is 440 g/mol. The number of amides is 2. The second-order valence-electron chi connectivity index (χ2n) is 7.76. The molecule has 1 aromatic heterocycles. The predicted octanol–water partition coefficient (Wildman–Crippen LogP) is 4.73. The highest BCUT2D eigenvalue weighted by atomic mass is 16.5. The molecular formula is C26H20N2O5. The van der Waals surface area contributed by atoms with Gasteiger partial charge in [0.25, 0.3) is 11.8 Å². The van der Waals surface area contributed by atoms with Gasteiger partial charge in [-0.3, -0.25) is 14.5 Å². The van der Waals surface area contributed by atoms with Crippen molar-refractivity contribution in [2.75, 3.05) is 13.2 Å². The molecule has 0 N–H and O–H groups in total. The van der Waals surface area contributed by atoms with Crippen molar-refractivity contribution in [3.05, 3.63) is 89.5 Å². The van der Waals surface area contributed by atoms with Crippen molar-refractivity contribution in [3.8, 4) is 11.3 Å². The van der Waals surface area contributed by atoms with Crippen molar-refractivity contribution in [3.63, 3.8) is 0 Å². The fourth-order valence-corrected chi connectivity index (χ4v) is 3.93. The van der Waals surface area contributed by atoms with E-state index in [1.165, 1.54) is 4.90 Å². The number of carbonyl (C=O) groups excluding carboxylic acids is 3. The molecule has 0 aliphatic carbocycles. The number of hydrogen-bond acceptors (Lipinski definition) is 6. The van der Waals surface area contributed by atoms with Crippen LogP contribution in [0.15, 0.2) is 77.3 Å². The molecule has 7 heteroatoms. The Labute approximate surface area is 189 Å². The molecule has 0 spiro atoms. The zero-order valence-corrected chi connectivity index (χ0v) is 17.7. The number of esters is 1. The summed E-state index contributed by atoms with van der Waals surface area (Å²) in [4.78, 5) is 38.6. The van der Waals surface area contributed by atoms with Gasteiger partial charge in [-0.15, -0.1) is 0 Å². The summed E-state index contributed by atoms with van der Waals surface area (Å²) in [5, 5.41) is 4.80. The molecule has 1 aliphatic rings. The van der Waals surface area contributed by atoms with Crippen LogP contribution in [0.4, 0.5) is 0 Å². The lowest BCUT2D eigenvalue weighted by Gasteiger charge is -2.13. The van der Waals surface area contributed by atoms with Crippen molar-refractivity contribution >= 4 is 28.7 Å². The average Bonchev–Trinajstić information content (AvgIpc) is 3.38. The number of carbonyl (C=O) groups is 3. The van der Waals surface area contributed by atoms with Gasteiger partial charge in [-0.05, 0) is 43.2 Å². The van der Waals surface area contributed by atoms with Crippen molar-refractivity contribution in [2.45, 2.75) is 12.8 Å². The van der Waals surface area contributed by atoms with Crippen LogP contribution >= 0.6 is 0 Å². The zero-order valence-electron chi connectivity index (χ0n) is 17.7. The third kappa shape index (κ3) is 3.89. The third-order valence-electron chi connectivity index (χ3n) is 5.64. The van der Waals surface area contributed by atoms with Crippen LogP contribution in [0.1, 0.15) is 43.9 Å². The minimum Gasteiger partial charge on any atom is -0.462 e. The molecule has 7 nitrogen and oxygen atoms in total. The van der Waals surface area contributed by atoms with E-state index in [0.29, 0.717) is 40.8 Å². The predicted molar refractivity (Wildman–Crippen MR) is 121 cm³/mol. The number of rotatable bonds is 7. The van der Waals surface area contributed by atoms with E-state index in [1.807, 2.05) is 30.3 Å². The quantitative estimate of drug-likeness (QED) is 0.235. The van der Waals surface area contributed by atoms with Gasteiger partial charge in [-0.25, -0.2) is 4.79 Å². The molecular weight excluding hydrogens is 420 g/mol. The molecule has 2 amide bonds. The Bertz CT molecular complexity index is 1320. The minimum atomic E-state index is -0.446. The first-order valence-electron chi connectivity index (χ1n) is 10.7. The van der Waals surface area contributed by atoms with Gasteiger partial charge in [0, 0.05) is 12.1 Å². The van der Waals surface area contributed by atoms with Gasteiger partial charge >= 0.3 is 5.97 Å². The highest BCUT2D eigenvalue weighted by Crippen LogP contribution is 2.29. The summed E-state index contributed by atoms with van der Waals surface area (Å²) in [7, 11) is 0. The third-order valence-corrected chi connectivity index (χ3v) is 5.64. The van der Waals surface area contributed by atoms with Crippen LogP contribution in [-0.4, -0.2) is 41.0 Å². The largest absolute Gasteiger partial charge is 0.462 e. The number of ether oxygens (including phenoxy) is 1. The van der Waals surface area contributed by atoms with Crippen LogP contribution in [0.3, 0.4) is 0 Å². The van der Waals surface area contributed by atoms with Crippen LogP contribution in [0.25, 0.3) is 22.2 Å². The Morgan fingerprint density at radius 2 is 1.58 bits per heavy atom. The fourth-order valence-electron chi connectivity index (χ4n) is 3.93. The van der Waals surface area contributed by atoms with Gasteiger partial charge in [0.05, 0.1) is 28.7 Å². The van der Waals surface area contributed by atoms with E-state index in [0.717, 1.165) is 10.9 Å². The maximum absolute atomic E-state index is 12.5. The number of fused-ring (bicyclic) bond motifs is 2. The second-order valence-corrected chi connectivity index (χ2v) is 7.76. The van der Waals surface area contributed by atoms with Crippen LogP contribution in [0, 0.1) is 0 Å². The summed E-state index contributed by atoms with van der Waals surface area (Å²) in [5.74, 6) is -0.397. The summed E-state index contributed by atoms with van der Waals surface area (Å²) < 4.78 is 10.9. The van der Waals surface area contributed by atoms with E-state index < -0.39 is 5.97 Å². The smallest absolute Gasteiger partial charge is 0.338 e. The highest BCUT2D eigenvalue weighted by Gasteiger charge is 2.34. The molecule has 0 fully saturated rings. The lowest BCUT2D eigenvalue weighted by Crippen LogP contribution is -2.30. The molecule has 3 aromatic carbocycles. The normalized spacial score (nSPS) is 12.9. The minimum absolute atomic E-state index is 0.190. The standard InChI is InChI=1S/C26H20N2O5/c29-24-19-10-4-5-11-20(19)25(30)28(24)14-6-7-15-32-26(31)18-12-13-22-21(16-18)23(33-27-22)17-8-2-1-3-9-17/h1-5,8-13,16H,6-7,14-15H2. The van der Waals surface area contributed by atoms with Gasteiger partial charge in [-0.2, -0.15) is 0 Å². The van der Waals surface area contributed by atoms with Crippen LogP contribution in [-0.2, 0) is 4.74 Å². The Morgan fingerprint density at radius 3 is 2.30 bits per heavy atom. The van der Waals surface area contributed by atoms with Gasteiger partial charge in [0.2, 0.25) is 0 Å². The first kappa shape index (κ1) is 20.6. The van der Waals surface area contributed by atoms with Crippen molar-refractivity contribution in [2.24, 2.45) is 0 Å². The maximum Gasteiger partial charge on any atom is 0.338 e. The van der Waals surface area contributed by atoms with Gasteiger partial charge in [0.1, 0.15) is 5.52 Å². The number of imide groups is 1. The molecule has 33 heavy (non-hydrogen) atoms. The molecule has 0 saturated carbocycles. The first-order valence-corrected chi connectivity index (χ1v) is 10.7. The molecule has 5 rings (SSSR count). The first-order chi connectivity index (χ1) is 16.1. The summed E-state index contributed by atoms with van der Waals surface area (Å²) in [6, 6.07) is 21.5. The van der Waals surface area contributed by atoms with E-state index in [4.69, 9.17) is 9.26 Å². The van der Waals surface area contributed by atoms with Crippen LogP contribution in [0.5, 0.6) is 0 Å². The Kier molecular flexibility index (Phi) is 5.44. The molecule has 164 valence electrons. The number of unbranched alkanes of at least 4 members (excludes halogenated alkanes) is 1. The summed E-state index contributed by atoms with van der Waals surface area (Å²) >= 11 is 0. The van der Waals surface area contributed by atoms with Crippen molar-refractivity contribution in [1.29, 1.82) is 0 Å². The summed E-state index contributed by atoms with van der Waals surface area (Å²) in [6.07, 6.45) is 1.07. The topological polar surface area (TPSA) is 89.7 Å². The number of aromatic nitrogens is 1. The Hall–Kier alpha value is -4.26. The van der Waals surface area contributed by atoms with Crippen LogP contribution < -0.4 is 0 Å². The van der Waals surface area contributed by atoms with E-state index >= 15 is 0 Å². The summed E-state index contributed by atoms with van der Waals surface area (Å²) in [6.45, 7) is 0.478. The molecule has 0 unspecified atom stereocenters. The van der Waals surface area contributed by atoms with Crippen molar-refractivity contribution in [1.82, 2.24) is 10.1 Å². The molecule has 4 aromatic rings. The van der Waals surface area contributed by atoms with Gasteiger partial charge < -0.3 is 9.26 Å². The zero-order chi connectivity index (χ0) is 22.8.